The summed E-state index contributed by atoms with van der Waals surface area (Å²) in [5.74, 6) is 2.18. The molecule has 0 aliphatic carbocycles. The zero-order chi connectivity index (χ0) is 12.5. The Morgan fingerprint density at radius 1 is 1.29 bits per heavy atom. The molecule has 2 nitrogen and oxygen atoms in total. The Balaban J connectivity index is 2.83. The molecule has 1 unspecified atom stereocenters. The van der Waals surface area contributed by atoms with E-state index in [9.17, 15) is 0 Å². The van der Waals surface area contributed by atoms with Gasteiger partial charge in [-0.1, -0.05) is 25.1 Å². The van der Waals surface area contributed by atoms with Crippen molar-refractivity contribution in [2.45, 2.75) is 26.3 Å². The fraction of sp³-hybridized carbons (Fsp3) is 0.571. The van der Waals surface area contributed by atoms with Crippen molar-refractivity contribution >= 4 is 11.8 Å². The van der Waals surface area contributed by atoms with Gasteiger partial charge in [0.05, 0.1) is 6.61 Å². The average Bonchev–Trinajstić information content (AvgIpc) is 2.36. The van der Waals surface area contributed by atoms with Gasteiger partial charge in [-0.05, 0) is 38.0 Å². The second-order valence-corrected chi connectivity index (χ2v) is 4.85. The number of nitrogens with one attached hydrogen (secondary N) is 1. The molecule has 96 valence electrons. The number of benzene rings is 1. The van der Waals surface area contributed by atoms with Crippen molar-refractivity contribution in [3.63, 3.8) is 0 Å². The first kappa shape index (κ1) is 14.4. The van der Waals surface area contributed by atoms with E-state index in [1.165, 1.54) is 5.56 Å². The van der Waals surface area contributed by atoms with Gasteiger partial charge in [-0.2, -0.15) is 11.8 Å². The smallest absolute Gasteiger partial charge is 0.124 e. The summed E-state index contributed by atoms with van der Waals surface area (Å²) in [5, 5.41) is 3.54. The largest absolute Gasteiger partial charge is 0.494 e. The molecule has 17 heavy (non-hydrogen) atoms. The first-order chi connectivity index (χ1) is 8.33. The number of ether oxygens (including phenoxy) is 1. The maximum absolute atomic E-state index is 5.70. The Labute approximate surface area is 109 Å². The highest BCUT2D eigenvalue weighted by Crippen LogP contribution is 2.27. The summed E-state index contributed by atoms with van der Waals surface area (Å²) in [6.45, 7) is 5.88. The molecule has 0 aliphatic heterocycles. The van der Waals surface area contributed by atoms with Gasteiger partial charge in [0, 0.05) is 11.6 Å². The van der Waals surface area contributed by atoms with Crippen molar-refractivity contribution in [2.75, 3.05) is 25.2 Å². The van der Waals surface area contributed by atoms with E-state index < -0.39 is 0 Å². The maximum atomic E-state index is 5.70. The fourth-order valence-corrected chi connectivity index (χ4v) is 2.38. The summed E-state index contributed by atoms with van der Waals surface area (Å²) in [6, 6.07) is 8.74. The molecule has 1 rings (SSSR count). The molecule has 1 atom stereocenters. The highest BCUT2D eigenvalue weighted by Gasteiger charge is 2.14. The van der Waals surface area contributed by atoms with E-state index in [0.717, 1.165) is 31.1 Å². The van der Waals surface area contributed by atoms with Crippen molar-refractivity contribution in [3.8, 4) is 5.75 Å². The average molecular weight is 253 g/mol. The van der Waals surface area contributed by atoms with Gasteiger partial charge in [-0.15, -0.1) is 0 Å². The maximum Gasteiger partial charge on any atom is 0.124 e. The van der Waals surface area contributed by atoms with Crippen LogP contribution in [0.25, 0.3) is 0 Å². The van der Waals surface area contributed by atoms with E-state index in [-0.39, 0.29) is 0 Å². The van der Waals surface area contributed by atoms with Crippen molar-refractivity contribution in [2.24, 2.45) is 0 Å². The van der Waals surface area contributed by atoms with Crippen LogP contribution in [-0.2, 0) is 0 Å². The van der Waals surface area contributed by atoms with E-state index in [1.807, 2.05) is 24.8 Å². The molecule has 0 bridgehead atoms. The van der Waals surface area contributed by atoms with Crippen molar-refractivity contribution in [3.05, 3.63) is 29.8 Å². The molecule has 1 aromatic carbocycles. The molecule has 0 aliphatic rings. The van der Waals surface area contributed by atoms with Crippen LogP contribution in [0.5, 0.6) is 5.75 Å². The topological polar surface area (TPSA) is 21.3 Å². The molecule has 0 saturated heterocycles. The van der Waals surface area contributed by atoms with Gasteiger partial charge in [0.1, 0.15) is 5.75 Å². The van der Waals surface area contributed by atoms with Crippen molar-refractivity contribution in [1.82, 2.24) is 5.32 Å². The van der Waals surface area contributed by atoms with E-state index in [4.69, 9.17) is 4.74 Å². The van der Waals surface area contributed by atoms with Crippen LogP contribution in [0.15, 0.2) is 24.3 Å². The van der Waals surface area contributed by atoms with Gasteiger partial charge in [-0.3, -0.25) is 0 Å². The summed E-state index contributed by atoms with van der Waals surface area (Å²) in [7, 11) is 0. The first-order valence-corrected chi connectivity index (χ1v) is 7.66. The Morgan fingerprint density at radius 3 is 2.71 bits per heavy atom. The lowest BCUT2D eigenvalue weighted by atomic mass is 10.0. The third-order valence-corrected chi connectivity index (χ3v) is 3.30. The normalized spacial score (nSPS) is 12.4. The van der Waals surface area contributed by atoms with E-state index >= 15 is 0 Å². The molecule has 0 amide bonds. The molecule has 0 fully saturated rings. The summed E-state index contributed by atoms with van der Waals surface area (Å²) in [4.78, 5) is 0. The molecule has 0 radical (unpaired) electrons. The third kappa shape index (κ3) is 4.60. The lowest BCUT2D eigenvalue weighted by Crippen LogP contribution is -2.22. The van der Waals surface area contributed by atoms with Crippen LogP contribution in [0.1, 0.15) is 31.9 Å². The standard InChI is InChI=1S/C14H23NOS/c1-4-15-13(10-11-17-3)12-8-6-7-9-14(12)16-5-2/h6-9,13,15H,4-5,10-11H2,1-3H3. The monoisotopic (exact) mass is 253 g/mol. The summed E-state index contributed by atoms with van der Waals surface area (Å²) in [5.41, 5.74) is 1.28. The molecule has 0 spiro atoms. The highest BCUT2D eigenvalue weighted by molar-refractivity contribution is 7.98. The number of para-hydroxylation sites is 1. The molecule has 0 heterocycles. The first-order valence-electron chi connectivity index (χ1n) is 6.27. The zero-order valence-corrected chi connectivity index (χ0v) is 11.8. The number of thioether (sulfide) groups is 1. The molecule has 1 N–H and O–H groups in total. The van der Waals surface area contributed by atoms with Gasteiger partial charge >= 0.3 is 0 Å². The van der Waals surface area contributed by atoms with Crippen LogP contribution < -0.4 is 10.1 Å². The van der Waals surface area contributed by atoms with Crippen LogP contribution in [0.4, 0.5) is 0 Å². The van der Waals surface area contributed by atoms with Crippen LogP contribution in [0, 0.1) is 0 Å². The zero-order valence-electron chi connectivity index (χ0n) is 11.0. The Morgan fingerprint density at radius 2 is 2.06 bits per heavy atom. The second kappa shape index (κ2) is 8.43. The van der Waals surface area contributed by atoms with E-state index in [0.29, 0.717) is 6.04 Å². The minimum atomic E-state index is 0.398. The van der Waals surface area contributed by atoms with Crippen molar-refractivity contribution < 1.29 is 4.74 Å². The van der Waals surface area contributed by atoms with Crippen LogP contribution in [0.3, 0.4) is 0 Å². The Bertz CT molecular complexity index is 317. The summed E-state index contributed by atoms with van der Waals surface area (Å²) >= 11 is 1.89. The summed E-state index contributed by atoms with van der Waals surface area (Å²) < 4.78 is 5.70. The lowest BCUT2D eigenvalue weighted by molar-refractivity contribution is 0.331. The molecular formula is C14H23NOS. The van der Waals surface area contributed by atoms with Gasteiger partial charge in [0.2, 0.25) is 0 Å². The molecule has 0 aromatic heterocycles. The van der Waals surface area contributed by atoms with E-state index in [1.54, 1.807) is 0 Å². The third-order valence-electron chi connectivity index (χ3n) is 2.66. The number of rotatable bonds is 8. The summed E-state index contributed by atoms with van der Waals surface area (Å²) in [6.07, 6.45) is 3.29. The fourth-order valence-electron chi connectivity index (χ4n) is 1.90. The van der Waals surface area contributed by atoms with E-state index in [2.05, 4.69) is 36.7 Å². The van der Waals surface area contributed by atoms with Gasteiger partial charge in [0.25, 0.3) is 0 Å². The number of hydrogen-bond acceptors (Lipinski definition) is 3. The predicted molar refractivity (Wildman–Crippen MR) is 77.0 cm³/mol. The minimum Gasteiger partial charge on any atom is -0.494 e. The van der Waals surface area contributed by atoms with Gasteiger partial charge < -0.3 is 10.1 Å². The quantitative estimate of drug-likeness (QED) is 0.766. The second-order valence-electron chi connectivity index (χ2n) is 3.86. The minimum absolute atomic E-state index is 0.398. The Hall–Kier alpha value is -0.670. The molecule has 1 aromatic rings. The molecule has 0 saturated carbocycles. The van der Waals surface area contributed by atoms with Crippen LogP contribution in [0.2, 0.25) is 0 Å². The number of hydrogen-bond donors (Lipinski definition) is 1. The van der Waals surface area contributed by atoms with Crippen LogP contribution >= 0.6 is 11.8 Å². The van der Waals surface area contributed by atoms with Gasteiger partial charge in [-0.25, -0.2) is 0 Å². The highest BCUT2D eigenvalue weighted by atomic mass is 32.2. The predicted octanol–water partition coefficient (Wildman–Crippen LogP) is 3.49. The molecular weight excluding hydrogens is 230 g/mol. The Kier molecular flexibility index (Phi) is 7.13. The van der Waals surface area contributed by atoms with Gasteiger partial charge in [0.15, 0.2) is 0 Å². The molecule has 3 heteroatoms. The van der Waals surface area contributed by atoms with Crippen LogP contribution in [-0.4, -0.2) is 25.2 Å². The lowest BCUT2D eigenvalue weighted by Gasteiger charge is -2.20. The van der Waals surface area contributed by atoms with Crippen molar-refractivity contribution in [1.29, 1.82) is 0 Å². The SMILES string of the molecule is CCNC(CCSC)c1ccccc1OCC.